The van der Waals surface area contributed by atoms with Gasteiger partial charge < -0.3 is 15.7 Å². The fourth-order valence-corrected chi connectivity index (χ4v) is 3.27. The highest BCUT2D eigenvalue weighted by Crippen LogP contribution is 2.34. The normalized spacial score (nSPS) is 23.8. The Morgan fingerprint density at radius 3 is 2.79 bits per heavy atom. The summed E-state index contributed by atoms with van der Waals surface area (Å²) in [5, 5.41) is 21.3. The maximum atomic E-state index is 8.92. The lowest BCUT2D eigenvalue weighted by molar-refractivity contribution is 0.127. The molecule has 1 saturated heterocycles. The number of aryl methyl sites for hydroxylation is 1. The Morgan fingerprint density at radius 1 is 1.47 bits per heavy atom. The van der Waals surface area contributed by atoms with Crippen molar-refractivity contribution in [3.8, 4) is 0 Å². The molecule has 7 heteroatoms. The average molecular weight is 282 g/mol. The molecule has 2 rings (SSSR count). The number of thioether (sulfide) groups is 1. The van der Waals surface area contributed by atoms with Gasteiger partial charge in [-0.3, -0.25) is 0 Å². The molecule has 2 atom stereocenters. The van der Waals surface area contributed by atoms with E-state index in [1.54, 1.807) is 11.8 Å². The van der Waals surface area contributed by atoms with Gasteiger partial charge in [-0.2, -0.15) is 5.10 Å². The maximum Gasteiger partial charge on any atom is 0.173 e. The summed E-state index contributed by atoms with van der Waals surface area (Å²) < 4.78 is 5.54. The number of nitrogens with two attached hydrogens (primary N) is 1. The minimum atomic E-state index is 0.0737. The lowest BCUT2D eigenvalue weighted by Gasteiger charge is -2.16. The van der Waals surface area contributed by atoms with Gasteiger partial charge in [-0.05, 0) is 32.8 Å². The van der Waals surface area contributed by atoms with Crippen LogP contribution in [0.2, 0.25) is 0 Å². The quantitative estimate of drug-likeness (QED) is 0.377. The maximum absolute atomic E-state index is 8.92. The summed E-state index contributed by atoms with van der Waals surface area (Å²) in [4.78, 5) is 0. The summed E-state index contributed by atoms with van der Waals surface area (Å²) in [6.07, 6.45) is 1.14. The van der Waals surface area contributed by atoms with Gasteiger partial charge in [0.15, 0.2) is 5.84 Å². The van der Waals surface area contributed by atoms with Crippen LogP contribution in [0.5, 0.6) is 0 Å². The van der Waals surface area contributed by atoms with Crippen molar-refractivity contribution in [2.75, 3.05) is 6.61 Å². The van der Waals surface area contributed by atoms with Gasteiger partial charge in [0.1, 0.15) is 5.03 Å². The summed E-state index contributed by atoms with van der Waals surface area (Å²) in [5.74, 6) is 0.0737. The SMILES string of the molecule is Cc1nnc(SC2CCOC2C)c(C(N)=NO)c1C. The summed E-state index contributed by atoms with van der Waals surface area (Å²) in [6.45, 7) is 6.56. The van der Waals surface area contributed by atoms with Crippen LogP contribution in [0.1, 0.15) is 30.2 Å². The number of nitrogens with zero attached hydrogens (tertiary/aromatic N) is 3. The first-order valence-corrected chi connectivity index (χ1v) is 7.02. The molecule has 0 aromatic carbocycles. The summed E-state index contributed by atoms with van der Waals surface area (Å²) >= 11 is 1.58. The Hall–Kier alpha value is -1.34. The third kappa shape index (κ3) is 2.82. The predicted molar refractivity (Wildman–Crippen MR) is 73.7 cm³/mol. The van der Waals surface area contributed by atoms with E-state index >= 15 is 0 Å². The molecule has 6 nitrogen and oxygen atoms in total. The van der Waals surface area contributed by atoms with Gasteiger partial charge in [0.05, 0.1) is 17.4 Å². The zero-order valence-corrected chi connectivity index (χ0v) is 12.1. The van der Waals surface area contributed by atoms with Crippen LogP contribution in [0.25, 0.3) is 0 Å². The second-order valence-corrected chi connectivity index (χ2v) is 5.82. The van der Waals surface area contributed by atoms with Gasteiger partial charge in [-0.15, -0.1) is 5.10 Å². The molecule has 1 aromatic rings. The van der Waals surface area contributed by atoms with E-state index in [9.17, 15) is 0 Å². The van der Waals surface area contributed by atoms with Crippen molar-refractivity contribution in [2.45, 2.75) is 43.6 Å². The Bertz CT molecular complexity index is 507. The molecule has 1 fully saturated rings. The molecule has 19 heavy (non-hydrogen) atoms. The first kappa shape index (κ1) is 14.1. The molecule has 3 N–H and O–H groups in total. The number of amidine groups is 1. The lowest BCUT2D eigenvalue weighted by Crippen LogP contribution is -2.20. The fraction of sp³-hybridized carbons (Fsp3) is 0.583. The van der Waals surface area contributed by atoms with Gasteiger partial charge in [-0.1, -0.05) is 16.9 Å². The van der Waals surface area contributed by atoms with Crippen molar-refractivity contribution in [2.24, 2.45) is 10.9 Å². The molecule has 2 unspecified atom stereocenters. The average Bonchev–Trinajstić information content (AvgIpc) is 2.79. The molecule has 2 heterocycles. The first-order valence-electron chi connectivity index (χ1n) is 6.14. The fourth-order valence-electron chi connectivity index (χ4n) is 2.03. The zero-order chi connectivity index (χ0) is 14.0. The van der Waals surface area contributed by atoms with Crippen molar-refractivity contribution in [1.29, 1.82) is 0 Å². The van der Waals surface area contributed by atoms with E-state index in [1.807, 2.05) is 20.8 Å². The van der Waals surface area contributed by atoms with Gasteiger partial charge in [0.2, 0.25) is 0 Å². The molecule has 0 amide bonds. The van der Waals surface area contributed by atoms with Crippen LogP contribution in [0.15, 0.2) is 10.2 Å². The number of hydrogen-bond acceptors (Lipinski definition) is 6. The molecular weight excluding hydrogens is 264 g/mol. The lowest BCUT2D eigenvalue weighted by atomic mass is 10.1. The predicted octanol–water partition coefficient (Wildman–Crippen LogP) is 1.46. The van der Waals surface area contributed by atoms with Crippen LogP contribution in [0.3, 0.4) is 0 Å². The number of aromatic nitrogens is 2. The molecule has 0 radical (unpaired) electrons. The third-order valence-corrected chi connectivity index (χ3v) is 4.79. The van der Waals surface area contributed by atoms with E-state index in [0.717, 1.165) is 24.3 Å². The number of ether oxygens (including phenoxy) is 1. The van der Waals surface area contributed by atoms with E-state index in [2.05, 4.69) is 15.4 Å². The topological polar surface area (TPSA) is 93.6 Å². The van der Waals surface area contributed by atoms with E-state index in [0.29, 0.717) is 15.8 Å². The second-order valence-electron chi connectivity index (χ2n) is 4.60. The monoisotopic (exact) mass is 282 g/mol. The number of hydrogen-bond donors (Lipinski definition) is 2. The largest absolute Gasteiger partial charge is 0.409 e. The van der Waals surface area contributed by atoms with Crippen molar-refractivity contribution in [1.82, 2.24) is 10.2 Å². The minimum absolute atomic E-state index is 0.0737. The molecule has 0 saturated carbocycles. The van der Waals surface area contributed by atoms with E-state index in [4.69, 9.17) is 15.7 Å². The van der Waals surface area contributed by atoms with Crippen LogP contribution < -0.4 is 5.73 Å². The van der Waals surface area contributed by atoms with E-state index in [1.165, 1.54) is 0 Å². The molecule has 1 aliphatic rings. The molecule has 0 spiro atoms. The number of oxime groups is 1. The first-order chi connectivity index (χ1) is 9.04. The van der Waals surface area contributed by atoms with Crippen LogP contribution >= 0.6 is 11.8 Å². The summed E-state index contributed by atoms with van der Waals surface area (Å²) in [6, 6.07) is 0. The smallest absolute Gasteiger partial charge is 0.173 e. The van der Waals surface area contributed by atoms with Crippen molar-refractivity contribution < 1.29 is 9.94 Å². The van der Waals surface area contributed by atoms with E-state index < -0.39 is 0 Å². The number of rotatable bonds is 3. The summed E-state index contributed by atoms with van der Waals surface area (Å²) in [5.41, 5.74) is 8.09. The van der Waals surface area contributed by atoms with Crippen molar-refractivity contribution >= 4 is 17.6 Å². The van der Waals surface area contributed by atoms with Gasteiger partial charge in [-0.25, -0.2) is 0 Å². The Morgan fingerprint density at radius 2 is 2.21 bits per heavy atom. The minimum Gasteiger partial charge on any atom is -0.409 e. The highest BCUT2D eigenvalue weighted by atomic mass is 32.2. The van der Waals surface area contributed by atoms with Crippen molar-refractivity contribution in [3.05, 3.63) is 16.8 Å². The van der Waals surface area contributed by atoms with Crippen LogP contribution in [0, 0.1) is 13.8 Å². The molecule has 0 aliphatic carbocycles. The third-order valence-electron chi connectivity index (χ3n) is 3.36. The summed E-state index contributed by atoms with van der Waals surface area (Å²) in [7, 11) is 0. The molecule has 104 valence electrons. The molecule has 0 bridgehead atoms. The van der Waals surface area contributed by atoms with Gasteiger partial charge >= 0.3 is 0 Å². The Kier molecular flexibility index (Phi) is 4.26. The zero-order valence-electron chi connectivity index (χ0n) is 11.3. The van der Waals surface area contributed by atoms with E-state index in [-0.39, 0.29) is 11.9 Å². The van der Waals surface area contributed by atoms with Crippen molar-refractivity contribution in [3.63, 3.8) is 0 Å². The van der Waals surface area contributed by atoms with Crippen LogP contribution in [-0.4, -0.2) is 39.2 Å². The second kappa shape index (κ2) is 5.75. The molecule has 1 aliphatic heterocycles. The Labute approximate surface area is 116 Å². The van der Waals surface area contributed by atoms with Gasteiger partial charge in [0.25, 0.3) is 0 Å². The van der Waals surface area contributed by atoms with Crippen LogP contribution in [-0.2, 0) is 4.74 Å². The Balaban J connectivity index is 2.37. The highest BCUT2D eigenvalue weighted by Gasteiger charge is 2.28. The molecular formula is C12H18N4O2S. The van der Waals surface area contributed by atoms with Crippen LogP contribution in [0.4, 0.5) is 0 Å². The standard InChI is InChI=1S/C12H18N4O2S/c1-6-7(2)14-15-12(10(6)11(13)16-17)19-9-4-5-18-8(9)3/h8-9,17H,4-5H2,1-3H3,(H2,13,16). The van der Waals surface area contributed by atoms with Gasteiger partial charge in [0, 0.05) is 11.9 Å². The highest BCUT2D eigenvalue weighted by molar-refractivity contribution is 8.00. The molecule has 1 aromatic heterocycles.